The Balaban J connectivity index is 1.72. The van der Waals surface area contributed by atoms with E-state index in [-0.39, 0.29) is 11.8 Å². The molecule has 3 aromatic rings. The summed E-state index contributed by atoms with van der Waals surface area (Å²) in [7, 11) is 3.22. The molecule has 4 rings (SSSR count). The molecular weight excluding hydrogens is 452 g/mol. The summed E-state index contributed by atoms with van der Waals surface area (Å²) >= 11 is 0. The lowest BCUT2D eigenvalue weighted by Gasteiger charge is -2.33. The fourth-order valence-electron chi connectivity index (χ4n) is 3.99. The van der Waals surface area contributed by atoms with Gasteiger partial charge in [0.2, 0.25) is 0 Å². The maximum absolute atomic E-state index is 13.2. The highest BCUT2D eigenvalue weighted by Gasteiger charge is 2.28. The smallest absolute Gasteiger partial charge is 0.296 e. The van der Waals surface area contributed by atoms with E-state index >= 15 is 0 Å². The first-order chi connectivity index (χ1) is 17.2. The second-order valence-electron chi connectivity index (χ2n) is 8.99. The largest absolute Gasteiger partial charge is 0.633 e. The van der Waals surface area contributed by atoms with Gasteiger partial charge in [0, 0.05) is 34.8 Å². The topological polar surface area (TPSA) is 93.3 Å². The Kier molecular flexibility index (Phi) is 7.20. The van der Waals surface area contributed by atoms with Crippen LogP contribution >= 0.6 is 0 Å². The van der Waals surface area contributed by atoms with Crippen molar-refractivity contribution in [2.75, 3.05) is 31.3 Å². The molecule has 36 heavy (non-hydrogen) atoms. The van der Waals surface area contributed by atoms with Crippen molar-refractivity contribution in [3.05, 3.63) is 100 Å². The van der Waals surface area contributed by atoms with Gasteiger partial charge in [-0.05, 0) is 36.8 Å². The highest BCUT2D eigenvalue weighted by molar-refractivity contribution is 6.37. The van der Waals surface area contributed by atoms with Crippen LogP contribution in [0.4, 0.5) is 11.4 Å². The number of rotatable bonds is 6. The molecule has 182 valence electrons. The second kappa shape index (κ2) is 10.5. The van der Waals surface area contributed by atoms with Gasteiger partial charge in [0.25, 0.3) is 11.8 Å². The maximum atomic E-state index is 13.2. The first-order valence-electron chi connectivity index (χ1n) is 11.7. The zero-order valence-electron chi connectivity index (χ0n) is 20.5. The van der Waals surface area contributed by atoms with Crippen LogP contribution in [0.2, 0.25) is 0 Å². The quantitative estimate of drug-likeness (QED) is 0.214. The summed E-state index contributed by atoms with van der Waals surface area (Å²) < 4.78 is -0.404. The van der Waals surface area contributed by atoms with Gasteiger partial charge >= 0.3 is 0 Å². The molecule has 1 aliphatic rings. The van der Waals surface area contributed by atoms with Gasteiger partial charge in [-0.1, -0.05) is 54.5 Å². The molecule has 0 fully saturated rings. The first-order valence-corrected chi connectivity index (χ1v) is 11.7. The predicted molar refractivity (Wildman–Crippen MR) is 143 cm³/mol. The van der Waals surface area contributed by atoms with E-state index in [4.69, 9.17) is 0 Å². The standard InChI is InChI=1S/C29H28N4O3/c1-4-30-26(34)17-13-20-12-16-24-25(18-20)32-29(35)27(24)28(22-8-6-5-7-9-22)31-23-14-10-21(11-15-23)19-33(2,3)36/h5-12,14-16,18,31H,4,19H2,1-3H3,(H,30,34)(H,32,35)/b28-27-. The molecular formula is C29H28N4O3. The second-order valence-corrected chi connectivity index (χ2v) is 8.99. The number of carbonyl (C=O) groups is 2. The summed E-state index contributed by atoms with van der Waals surface area (Å²) in [6, 6.07) is 22.7. The lowest BCUT2D eigenvalue weighted by Crippen LogP contribution is -2.30. The van der Waals surface area contributed by atoms with Gasteiger partial charge in [0.15, 0.2) is 0 Å². The number of hydroxylamine groups is 3. The molecule has 0 radical (unpaired) electrons. The lowest BCUT2D eigenvalue weighted by atomic mass is 9.99. The number of fused-ring (bicyclic) bond motifs is 1. The average Bonchev–Trinajstić information content (AvgIpc) is 3.17. The average molecular weight is 481 g/mol. The number of carbonyl (C=O) groups excluding carboxylic acids is 2. The fraction of sp³-hybridized carbons (Fsp3) is 0.172. The van der Waals surface area contributed by atoms with Crippen molar-refractivity contribution in [3.8, 4) is 11.8 Å². The van der Waals surface area contributed by atoms with E-state index in [2.05, 4.69) is 27.8 Å². The lowest BCUT2D eigenvalue weighted by molar-refractivity contribution is -0.853. The Morgan fingerprint density at radius 2 is 1.75 bits per heavy atom. The molecule has 0 bridgehead atoms. The molecule has 0 atom stereocenters. The van der Waals surface area contributed by atoms with E-state index in [0.29, 0.717) is 35.6 Å². The number of amides is 2. The highest BCUT2D eigenvalue weighted by Crippen LogP contribution is 2.38. The van der Waals surface area contributed by atoms with Gasteiger partial charge in [-0.25, -0.2) is 0 Å². The summed E-state index contributed by atoms with van der Waals surface area (Å²) in [4.78, 5) is 24.8. The van der Waals surface area contributed by atoms with E-state index < -0.39 is 4.65 Å². The van der Waals surface area contributed by atoms with Gasteiger partial charge < -0.3 is 25.8 Å². The number of anilines is 2. The molecule has 0 saturated carbocycles. The monoisotopic (exact) mass is 480 g/mol. The summed E-state index contributed by atoms with van der Waals surface area (Å²) in [5.74, 6) is 4.82. The van der Waals surface area contributed by atoms with Crippen LogP contribution in [0.15, 0.2) is 72.8 Å². The number of nitrogens with one attached hydrogen (secondary N) is 3. The third-order valence-electron chi connectivity index (χ3n) is 5.52. The van der Waals surface area contributed by atoms with Gasteiger partial charge in [-0.15, -0.1) is 0 Å². The van der Waals surface area contributed by atoms with Crippen molar-refractivity contribution in [1.29, 1.82) is 0 Å². The van der Waals surface area contributed by atoms with Crippen molar-refractivity contribution < 1.29 is 14.2 Å². The van der Waals surface area contributed by atoms with Crippen LogP contribution in [0.5, 0.6) is 0 Å². The summed E-state index contributed by atoms with van der Waals surface area (Å²) in [6.45, 7) is 2.71. The summed E-state index contributed by atoms with van der Waals surface area (Å²) in [5.41, 5.74) is 5.78. The van der Waals surface area contributed by atoms with Crippen LogP contribution in [0.1, 0.15) is 29.2 Å². The molecule has 7 heteroatoms. The van der Waals surface area contributed by atoms with Gasteiger partial charge in [0.05, 0.1) is 31.1 Å². The summed E-state index contributed by atoms with van der Waals surface area (Å²) in [5, 5.41) is 21.0. The molecule has 0 saturated heterocycles. The fourth-order valence-corrected chi connectivity index (χ4v) is 3.99. The molecule has 1 heterocycles. The molecule has 0 aromatic heterocycles. The third kappa shape index (κ3) is 5.99. The molecule has 0 spiro atoms. The zero-order chi connectivity index (χ0) is 25.7. The molecule has 0 aliphatic carbocycles. The normalized spacial score (nSPS) is 13.7. The Morgan fingerprint density at radius 3 is 2.42 bits per heavy atom. The number of quaternary nitrogens is 1. The molecule has 2 amide bonds. The van der Waals surface area contributed by atoms with Gasteiger partial charge in [0.1, 0.15) is 6.54 Å². The van der Waals surface area contributed by atoms with Gasteiger partial charge in [-0.2, -0.15) is 0 Å². The van der Waals surface area contributed by atoms with E-state index in [1.807, 2.05) is 67.6 Å². The Bertz CT molecular complexity index is 1380. The Morgan fingerprint density at radius 1 is 1.03 bits per heavy atom. The van der Waals surface area contributed by atoms with E-state index in [1.165, 1.54) is 0 Å². The Hall–Kier alpha value is -4.38. The van der Waals surface area contributed by atoms with E-state index in [1.54, 1.807) is 26.2 Å². The van der Waals surface area contributed by atoms with Crippen molar-refractivity contribution in [2.45, 2.75) is 13.5 Å². The maximum Gasteiger partial charge on any atom is 0.296 e. The van der Waals surface area contributed by atoms with Crippen LogP contribution in [-0.2, 0) is 16.1 Å². The van der Waals surface area contributed by atoms with Gasteiger partial charge in [-0.3, -0.25) is 9.59 Å². The van der Waals surface area contributed by atoms with Crippen LogP contribution in [0.3, 0.4) is 0 Å². The zero-order valence-corrected chi connectivity index (χ0v) is 20.5. The van der Waals surface area contributed by atoms with Crippen LogP contribution in [0.25, 0.3) is 11.3 Å². The molecule has 0 unspecified atom stereocenters. The van der Waals surface area contributed by atoms with Crippen molar-refractivity contribution in [3.63, 3.8) is 0 Å². The Labute approximate surface area is 211 Å². The molecule has 3 aromatic carbocycles. The van der Waals surface area contributed by atoms with E-state index in [0.717, 1.165) is 22.4 Å². The molecule has 7 nitrogen and oxygen atoms in total. The highest BCUT2D eigenvalue weighted by atomic mass is 16.5. The molecule has 1 aliphatic heterocycles. The van der Waals surface area contributed by atoms with E-state index in [9.17, 15) is 14.8 Å². The minimum atomic E-state index is -0.404. The van der Waals surface area contributed by atoms with Crippen LogP contribution < -0.4 is 16.0 Å². The summed E-state index contributed by atoms with van der Waals surface area (Å²) in [6.07, 6.45) is 0. The predicted octanol–water partition coefficient (Wildman–Crippen LogP) is 4.18. The third-order valence-corrected chi connectivity index (χ3v) is 5.52. The van der Waals surface area contributed by atoms with Crippen molar-refractivity contribution >= 4 is 34.5 Å². The van der Waals surface area contributed by atoms with Crippen molar-refractivity contribution in [2.24, 2.45) is 0 Å². The van der Waals surface area contributed by atoms with Crippen molar-refractivity contribution in [1.82, 2.24) is 5.32 Å². The van der Waals surface area contributed by atoms with Crippen LogP contribution in [0, 0.1) is 17.0 Å². The SMILES string of the molecule is CCNC(=O)C#Cc1ccc2c(c1)NC(=O)/C2=C(\Nc1ccc(C[N+](C)(C)[O-])cc1)c1ccccc1. The number of nitrogens with zero attached hydrogens (tertiary/aromatic N) is 1. The minimum Gasteiger partial charge on any atom is -0.633 e. The number of benzene rings is 3. The van der Waals surface area contributed by atoms with Crippen LogP contribution in [-0.4, -0.2) is 37.1 Å². The first kappa shape index (κ1) is 24.7. The molecule has 3 N–H and O–H groups in total. The number of hydrogen-bond acceptors (Lipinski definition) is 4. The number of hydrogen-bond donors (Lipinski definition) is 3. The minimum absolute atomic E-state index is 0.229.